The van der Waals surface area contributed by atoms with Crippen LogP contribution >= 0.6 is 0 Å². The number of nitrogens with one attached hydrogen (secondary N) is 1. The Bertz CT molecular complexity index is 854. The Kier molecular flexibility index (Phi) is 7.57. The van der Waals surface area contributed by atoms with Crippen molar-refractivity contribution in [2.75, 3.05) is 5.32 Å². The summed E-state index contributed by atoms with van der Waals surface area (Å²) in [6.07, 6.45) is 4.41. The molecule has 0 aromatic heterocycles. The number of amides is 1. The van der Waals surface area contributed by atoms with Gasteiger partial charge >= 0.3 is 7.12 Å². The monoisotopic (exact) mass is 422 g/mol. The van der Waals surface area contributed by atoms with Gasteiger partial charge in [-0.25, -0.2) is 0 Å². The van der Waals surface area contributed by atoms with Crippen molar-refractivity contribution in [1.29, 1.82) is 0 Å². The molecule has 0 bridgehead atoms. The minimum Gasteiger partial charge on any atom is -0.403 e. The number of carbonyl (C=O) groups excluding carboxylic acids is 1. The molecule has 1 heterocycles. The molecule has 1 aliphatic rings. The van der Waals surface area contributed by atoms with Crippen molar-refractivity contribution in [2.24, 2.45) is 5.73 Å². The second kappa shape index (κ2) is 9.98. The van der Waals surface area contributed by atoms with E-state index in [1.807, 2.05) is 42.5 Å². The molecule has 1 unspecified atom stereocenters. The lowest BCUT2D eigenvalue weighted by Gasteiger charge is -2.32. The van der Waals surface area contributed by atoms with Crippen LogP contribution in [-0.2, 0) is 14.1 Å². The third-order valence-electron chi connectivity index (χ3n) is 6.33. The van der Waals surface area contributed by atoms with E-state index in [0.717, 1.165) is 42.4 Å². The third-order valence-corrected chi connectivity index (χ3v) is 6.33. The SMILES string of the molecule is CC1(C)OB(CCCCCC(N)C(=O)Nc2cccc(-c3ccccc3)c2)OC1(C)C. The quantitative estimate of drug-likeness (QED) is 0.426. The van der Waals surface area contributed by atoms with Gasteiger partial charge in [-0.05, 0) is 63.7 Å². The molecule has 2 aromatic rings. The van der Waals surface area contributed by atoms with Gasteiger partial charge in [-0.2, -0.15) is 0 Å². The largest absolute Gasteiger partial charge is 0.457 e. The van der Waals surface area contributed by atoms with E-state index in [0.29, 0.717) is 6.42 Å². The van der Waals surface area contributed by atoms with Crippen LogP contribution in [0.3, 0.4) is 0 Å². The zero-order valence-corrected chi connectivity index (χ0v) is 19.2. The van der Waals surface area contributed by atoms with E-state index in [4.69, 9.17) is 15.0 Å². The summed E-state index contributed by atoms with van der Waals surface area (Å²) in [6, 6.07) is 17.4. The number of nitrogens with two attached hydrogens (primary N) is 1. The number of rotatable bonds is 9. The average molecular weight is 422 g/mol. The van der Waals surface area contributed by atoms with Gasteiger partial charge in [0.05, 0.1) is 17.2 Å². The molecule has 3 rings (SSSR count). The number of carbonyl (C=O) groups is 1. The van der Waals surface area contributed by atoms with E-state index in [9.17, 15) is 4.79 Å². The van der Waals surface area contributed by atoms with Crippen molar-refractivity contribution in [3.63, 3.8) is 0 Å². The first-order valence-corrected chi connectivity index (χ1v) is 11.3. The summed E-state index contributed by atoms with van der Waals surface area (Å²) in [7, 11) is -0.154. The molecule has 0 aliphatic carbocycles. The van der Waals surface area contributed by atoms with E-state index >= 15 is 0 Å². The Labute approximate surface area is 186 Å². The van der Waals surface area contributed by atoms with Gasteiger partial charge in [-0.15, -0.1) is 0 Å². The van der Waals surface area contributed by atoms with Crippen LogP contribution in [0.25, 0.3) is 11.1 Å². The maximum absolute atomic E-state index is 12.5. The Morgan fingerprint density at radius 1 is 0.935 bits per heavy atom. The van der Waals surface area contributed by atoms with Crippen molar-refractivity contribution in [1.82, 2.24) is 0 Å². The minimum absolute atomic E-state index is 0.142. The first-order chi connectivity index (χ1) is 14.7. The van der Waals surface area contributed by atoms with E-state index in [2.05, 4.69) is 45.1 Å². The summed E-state index contributed by atoms with van der Waals surface area (Å²) >= 11 is 0. The number of hydrogen-bond donors (Lipinski definition) is 2. The van der Waals surface area contributed by atoms with Gasteiger partial charge < -0.3 is 20.4 Å². The smallest absolute Gasteiger partial charge is 0.403 e. The van der Waals surface area contributed by atoms with Gasteiger partial charge in [0.1, 0.15) is 0 Å². The second-order valence-corrected chi connectivity index (χ2v) is 9.37. The Hall–Kier alpha value is -2.15. The number of benzene rings is 2. The highest BCUT2D eigenvalue weighted by Crippen LogP contribution is 2.38. The topological polar surface area (TPSA) is 73.6 Å². The minimum atomic E-state index is -0.516. The molecule has 3 N–H and O–H groups in total. The molecule has 5 nitrogen and oxygen atoms in total. The fourth-order valence-corrected chi connectivity index (χ4v) is 3.71. The zero-order chi connectivity index (χ0) is 22.5. The van der Waals surface area contributed by atoms with Gasteiger partial charge in [0.2, 0.25) is 5.91 Å². The summed E-state index contributed by atoms with van der Waals surface area (Å²) in [4.78, 5) is 12.5. The lowest BCUT2D eigenvalue weighted by molar-refractivity contribution is -0.117. The molecule has 6 heteroatoms. The van der Waals surface area contributed by atoms with Crippen LogP contribution in [0.15, 0.2) is 54.6 Å². The third kappa shape index (κ3) is 6.19. The van der Waals surface area contributed by atoms with Crippen molar-refractivity contribution in [3.8, 4) is 11.1 Å². The predicted octanol–water partition coefficient (Wildman–Crippen LogP) is 5.27. The van der Waals surface area contributed by atoms with Crippen LogP contribution in [0.4, 0.5) is 5.69 Å². The molecule has 0 radical (unpaired) electrons. The molecule has 0 saturated carbocycles. The van der Waals surface area contributed by atoms with Gasteiger partial charge in [0, 0.05) is 5.69 Å². The fourth-order valence-electron chi connectivity index (χ4n) is 3.71. The summed E-state index contributed by atoms with van der Waals surface area (Å²) < 4.78 is 12.1. The summed E-state index contributed by atoms with van der Waals surface area (Å²) in [5, 5.41) is 2.95. The molecule has 1 aliphatic heterocycles. The lowest BCUT2D eigenvalue weighted by atomic mass is 9.82. The standard InChI is InChI=1S/C25H35BN2O3/c1-24(2)25(3,4)31-26(30-24)17-10-6-9-16-22(27)23(29)28-21-15-11-14-20(18-21)19-12-7-5-8-13-19/h5,7-8,11-15,18,22H,6,9-10,16-17,27H2,1-4H3,(H,28,29). The average Bonchev–Trinajstić information content (AvgIpc) is 2.94. The number of anilines is 1. The number of unbranched alkanes of at least 4 members (excludes halogenated alkanes) is 2. The van der Waals surface area contributed by atoms with E-state index in [1.54, 1.807) is 0 Å². The first-order valence-electron chi connectivity index (χ1n) is 11.3. The zero-order valence-electron chi connectivity index (χ0n) is 19.2. The van der Waals surface area contributed by atoms with E-state index in [1.165, 1.54) is 0 Å². The lowest BCUT2D eigenvalue weighted by Crippen LogP contribution is -2.41. The van der Waals surface area contributed by atoms with Crippen LogP contribution in [0.1, 0.15) is 53.4 Å². The molecule has 166 valence electrons. The van der Waals surface area contributed by atoms with Gasteiger partial charge in [0.25, 0.3) is 0 Å². The van der Waals surface area contributed by atoms with Crippen molar-refractivity contribution >= 4 is 18.7 Å². The highest BCUT2D eigenvalue weighted by Gasteiger charge is 2.50. The van der Waals surface area contributed by atoms with Crippen molar-refractivity contribution < 1.29 is 14.1 Å². The molecule has 1 atom stereocenters. The molecule has 1 saturated heterocycles. The Morgan fingerprint density at radius 3 is 2.26 bits per heavy atom. The van der Waals surface area contributed by atoms with Crippen LogP contribution in [0, 0.1) is 0 Å². The molecule has 1 amide bonds. The van der Waals surface area contributed by atoms with Crippen LogP contribution < -0.4 is 11.1 Å². The maximum atomic E-state index is 12.5. The van der Waals surface area contributed by atoms with Crippen LogP contribution in [0.5, 0.6) is 0 Å². The van der Waals surface area contributed by atoms with Gasteiger partial charge in [-0.1, -0.05) is 61.7 Å². The fraction of sp³-hybridized carbons (Fsp3) is 0.480. The molecule has 2 aromatic carbocycles. The van der Waals surface area contributed by atoms with Crippen LogP contribution in [0.2, 0.25) is 6.32 Å². The number of hydrogen-bond acceptors (Lipinski definition) is 4. The Morgan fingerprint density at radius 2 is 1.58 bits per heavy atom. The summed E-state index contributed by atoms with van der Waals surface area (Å²) in [6.45, 7) is 8.28. The van der Waals surface area contributed by atoms with E-state index < -0.39 is 6.04 Å². The highest BCUT2D eigenvalue weighted by atomic mass is 16.7. The van der Waals surface area contributed by atoms with Gasteiger partial charge in [0.15, 0.2) is 0 Å². The normalized spacial score (nSPS) is 18.0. The highest BCUT2D eigenvalue weighted by molar-refractivity contribution is 6.45. The molecule has 31 heavy (non-hydrogen) atoms. The Balaban J connectivity index is 1.39. The van der Waals surface area contributed by atoms with Crippen LogP contribution in [-0.4, -0.2) is 30.3 Å². The molecular weight excluding hydrogens is 387 g/mol. The molecule has 1 fully saturated rings. The van der Waals surface area contributed by atoms with Gasteiger partial charge in [-0.3, -0.25) is 4.79 Å². The first kappa shape index (κ1) is 23.5. The summed E-state index contributed by atoms with van der Waals surface area (Å²) in [5.41, 5.74) is 8.51. The second-order valence-electron chi connectivity index (χ2n) is 9.37. The van der Waals surface area contributed by atoms with Crippen molar-refractivity contribution in [3.05, 3.63) is 54.6 Å². The summed E-state index contributed by atoms with van der Waals surface area (Å²) in [5.74, 6) is -0.142. The van der Waals surface area contributed by atoms with Crippen molar-refractivity contribution in [2.45, 2.75) is 76.9 Å². The van der Waals surface area contributed by atoms with E-state index in [-0.39, 0.29) is 24.2 Å². The maximum Gasteiger partial charge on any atom is 0.457 e. The molecule has 0 spiro atoms. The predicted molar refractivity (Wildman–Crippen MR) is 128 cm³/mol. The molecular formula is C25H35BN2O3.